The van der Waals surface area contributed by atoms with Crippen molar-refractivity contribution in [1.82, 2.24) is 4.90 Å². The molecule has 4 nitrogen and oxygen atoms in total. The quantitative estimate of drug-likeness (QED) is 0.475. The van der Waals surface area contributed by atoms with Crippen LogP contribution in [0.15, 0.2) is 24.3 Å². The summed E-state index contributed by atoms with van der Waals surface area (Å²) in [5, 5.41) is 0.694. The molecule has 0 radical (unpaired) electrons. The Hall–Kier alpha value is -1.64. The van der Waals surface area contributed by atoms with Gasteiger partial charge in [0, 0.05) is 17.1 Å². The van der Waals surface area contributed by atoms with Crippen molar-refractivity contribution in [3.63, 3.8) is 0 Å². The van der Waals surface area contributed by atoms with Crippen molar-refractivity contribution in [2.75, 3.05) is 6.54 Å². The van der Waals surface area contributed by atoms with Crippen LogP contribution in [0.25, 0.3) is 5.53 Å². The molecule has 0 aliphatic carbocycles. The monoisotopic (exact) mass is 279 g/mol. The van der Waals surface area contributed by atoms with Crippen molar-refractivity contribution >= 4 is 23.7 Å². The Kier molecular flexibility index (Phi) is 5.28. The minimum atomic E-state index is -0.329. The van der Waals surface area contributed by atoms with Crippen molar-refractivity contribution in [3.8, 4) is 0 Å². The Bertz CT molecular complexity index is 484. The molecule has 0 aliphatic heterocycles. The van der Waals surface area contributed by atoms with Gasteiger partial charge in [0.05, 0.1) is 0 Å². The zero-order valence-corrected chi connectivity index (χ0v) is 12.2. The Labute approximate surface area is 118 Å². The van der Waals surface area contributed by atoms with Gasteiger partial charge < -0.3 is 10.4 Å². The first-order chi connectivity index (χ1) is 8.84. The van der Waals surface area contributed by atoms with Crippen molar-refractivity contribution < 1.29 is 9.58 Å². The molecule has 0 unspecified atom stereocenters. The fraction of sp³-hybridized carbons (Fsp3) is 0.429. The first-order valence-corrected chi connectivity index (χ1v) is 6.46. The van der Waals surface area contributed by atoms with Gasteiger partial charge in [0.2, 0.25) is 0 Å². The number of hydrogen-bond acceptors (Lipinski definition) is 1. The average Bonchev–Trinajstić information content (AvgIpc) is 2.30. The Balaban J connectivity index is 2.76. The lowest BCUT2D eigenvalue weighted by Gasteiger charge is -2.33. The molecule has 1 aromatic carbocycles. The predicted octanol–water partition coefficient (Wildman–Crippen LogP) is 2.81. The molecule has 102 valence electrons. The number of nitrogens with zero attached hydrogens (tertiary/aromatic N) is 3. The molecule has 5 heteroatoms. The van der Waals surface area contributed by atoms with E-state index >= 15 is 0 Å². The fourth-order valence-electron chi connectivity index (χ4n) is 1.79. The van der Waals surface area contributed by atoms with Crippen LogP contribution in [0.2, 0.25) is 5.02 Å². The van der Waals surface area contributed by atoms with Crippen molar-refractivity contribution in [3.05, 3.63) is 40.4 Å². The highest BCUT2D eigenvalue weighted by molar-refractivity contribution is 6.30. The third kappa shape index (κ3) is 4.86. The summed E-state index contributed by atoms with van der Waals surface area (Å²) in [4.78, 5) is 16.3. The molecule has 0 aromatic heterocycles. The van der Waals surface area contributed by atoms with E-state index in [-0.39, 0.29) is 11.4 Å². The minimum absolute atomic E-state index is 0.302. The van der Waals surface area contributed by atoms with E-state index in [0.717, 1.165) is 18.2 Å². The van der Waals surface area contributed by atoms with Gasteiger partial charge in [-0.2, -0.15) is 4.79 Å². The molecule has 0 spiro atoms. The van der Waals surface area contributed by atoms with Crippen LogP contribution in [0.4, 0.5) is 0 Å². The molecular weight excluding hydrogens is 262 g/mol. The van der Waals surface area contributed by atoms with Gasteiger partial charge >= 0.3 is 12.1 Å². The predicted molar refractivity (Wildman–Crippen MR) is 76.3 cm³/mol. The largest absolute Gasteiger partial charge is 0.361 e. The number of carbonyl (C=O) groups is 1. The van der Waals surface area contributed by atoms with Gasteiger partial charge in [-0.05, 0) is 44.9 Å². The van der Waals surface area contributed by atoms with Crippen molar-refractivity contribution in [2.24, 2.45) is 0 Å². The number of amides is 1. The average molecular weight is 280 g/mol. The number of rotatable bonds is 4. The molecule has 0 aliphatic rings. The van der Waals surface area contributed by atoms with E-state index in [1.807, 2.05) is 45.0 Å². The second kappa shape index (κ2) is 6.50. The molecule has 0 saturated heterocycles. The lowest BCUT2D eigenvalue weighted by Crippen LogP contribution is -2.47. The van der Waals surface area contributed by atoms with Crippen LogP contribution in [0.3, 0.4) is 0 Å². The van der Waals surface area contributed by atoms with Gasteiger partial charge in [0.15, 0.2) is 0 Å². The minimum Gasteiger partial charge on any atom is -0.361 e. The highest BCUT2D eigenvalue weighted by Crippen LogP contribution is 2.15. The standard InChI is InChI=1S/C14H18ClN3O/c1-14(2,3)18(13(19)10-17-16)9-8-11-4-6-12(15)7-5-11/h4-7,10H,8-9H2,1-3H3. The van der Waals surface area contributed by atoms with E-state index in [0.29, 0.717) is 11.6 Å². The van der Waals surface area contributed by atoms with Crippen LogP contribution in [0.5, 0.6) is 0 Å². The normalized spacial score (nSPS) is 10.7. The lowest BCUT2D eigenvalue weighted by molar-refractivity contribution is -0.131. The fourth-order valence-corrected chi connectivity index (χ4v) is 1.91. The first-order valence-electron chi connectivity index (χ1n) is 6.08. The van der Waals surface area contributed by atoms with E-state index in [1.54, 1.807) is 4.90 Å². The van der Waals surface area contributed by atoms with Crippen LogP contribution in [-0.2, 0) is 11.2 Å². The van der Waals surface area contributed by atoms with Crippen LogP contribution in [0.1, 0.15) is 26.3 Å². The number of hydrogen-bond donors (Lipinski definition) is 0. The second-order valence-electron chi connectivity index (χ2n) is 5.28. The van der Waals surface area contributed by atoms with E-state index in [2.05, 4.69) is 4.79 Å². The maximum Gasteiger partial charge on any atom is 0.344 e. The van der Waals surface area contributed by atoms with E-state index in [1.165, 1.54) is 0 Å². The Morgan fingerprint density at radius 2 is 1.95 bits per heavy atom. The van der Waals surface area contributed by atoms with E-state index < -0.39 is 0 Å². The van der Waals surface area contributed by atoms with Gasteiger partial charge in [-0.1, -0.05) is 23.7 Å². The molecule has 0 N–H and O–H groups in total. The summed E-state index contributed by atoms with van der Waals surface area (Å²) < 4.78 is 0. The van der Waals surface area contributed by atoms with Crippen LogP contribution in [0, 0.1) is 0 Å². The summed E-state index contributed by atoms with van der Waals surface area (Å²) >= 11 is 5.83. The van der Waals surface area contributed by atoms with Crippen LogP contribution in [-0.4, -0.2) is 33.9 Å². The van der Waals surface area contributed by atoms with Gasteiger partial charge in [0.25, 0.3) is 0 Å². The lowest BCUT2D eigenvalue weighted by atomic mass is 10.0. The van der Waals surface area contributed by atoms with Gasteiger partial charge in [-0.15, -0.1) is 0 Å². The SMILES string of the molecule is CC(C)(C)N(CCc1ccc(Cl)cc1)C(=O)C=[N+]=[N-]. The summed E-state index contributed by atoms with van der Waals surface area (Å²) in [6.07, 6.45) is 1.65. The highest BCUT2D eigenvalue weighted by Gasteiger charge is 2.26. The topological polar surface area (TPSA) is 56.7 Å². The number of carbonyl (C=O) groups excluding carboxylic acids is 1. The van der Waals surface area contributed by atoms with E-state index in [4.69, 9.17) is 17.1 Å². The summed E-state index contributed by atoms with van der Waals surface area (Å²) in [5.41, 5.74) is 9.25. The maximum atomic E-state index is 11.9. The molecular formula is C14H18ClN3O. The highest BCUT2D eigenvalue weighted by atomic mass is 35.5. The zero-order valence-electron chi connectivity index (χ0n) is 11.4. The number of halogens is 1. The molecule has 1 rings (SSSR count). The summed E-state index contributed by atoms with van der Waals surface area (Å²) in [5.74, 6) is -0.302. The maximum absolute atomic E-state index is 11.9. The van der Waals surface area contributed by atoms with Gasteiger partial charge in [0.1, 0.15) is 0 Å². The number of benzene rings is 1. The molecule has 19 heavy (non-hydrogen) atoms. The van der Waals surface area contributed by atoms with Crippen LogP contribution >= 0.6 is 11.6 Å². The molecule has 0 heterocycles. The smallest absolute Gasteiger partial charge is 0.344 e. The Morgan fingerprint density at radius 3 is 2.42 bits per heavy atom. The zero-order chi connectivity index (χ0) is 14.5. The van der Waals surface area contributed by atoms with Gasteiger partial charge in [-0.25, -0.2) is 0 Å². The molecule has 0 saturated carbocycles. The van der Waals surface area contributed by atoms with Crippen molar-refractivity contribution in [1.29, 1.82) is 0 Å². The van der Waals surface area contributed by atoms with Gasteiger partial charge in [-0.3, -0.25) is 4.79 Å². The third-order valence-corrected chi connectivity index (χ3v) is 3.03. The molecule has 0 atom stereocenters. The van der Waals surface area contributed by atoms with Crippen molar-refractivity contribution in [2.45, 2.75) is 32.7 Å². The summed E-state index contributed by atoms with van der Waals surface area (Å²) in [7, 11) is 0. The second-order valence-corrected chi connectivity index (χ2v) is 5.72. The molecule has 1 aromatic rings. The van der Waals surface area contributed by atoms with E-state index in [9.17, 15) is 4.79 Å². The molecule has 0 fully saturated rings. The summed E-state index contributed by atoms with van der Waals surface area (Å²) in [6, 6.07) is 7.53. The third-order valence-electron chi connectivity index (χ3n) is 2.78. The van der Waals surface area contributed by atoms with Crippen LogP contribution < -0.4 is 0 Å². The molecule has 0 bridgehead atoms. The first kappa shape index (κ1) is 15.4. The summed E-state index contributed by atoms with van der Waals surface area (Å²) in [6.45, 7) is 6.38. The molecule has 1 amide bonds. The Morgan fingerprint density at radius 1 is 1.37 bits per heavy atom.